The van der Waals surface area contributed by atoms with Crippen molar-refractivity contribution >= 4 is 35.8 Å². The lowest BCUT2D eigenvalue weighted by Crippen LogP contribution is -2.53. The van der Waals surface area contributed by atoms with Crippen LogP contribution in [0.5, 0.6) is 0 Å². The van der Waals surface area contributed by atoms with Gasteiger partial charge in [-0.1, -0.05) is 0 Å². The highest BCUT2D eigenvalue weighted by Crippen LogP contribution is 2.15. The van der Waals surface area contributed by atoms with E-state index in [4.69, 9.17) is 4.99 Å². The van der Waals surface area contributed by atoms with Crippen LogP contribution in [0.25, 0.3) is 0 Å². The minimum absolute atomic E-state index is 0. The molecule has 1 N–H and O–H groups in total. The number of rotatable bonds is 3. The van der Waals surface area contributed by atoms with E-state index in [1.807, 2.05) is 4.90 Å². The lowest BCUT2D eigenvalue weighted by atomic mass is 10.2. The maximum atomic E-state index is 11.4. The van der Waals surface area contributed by atoms with E-state index in [0.29, 0.717) is 6.04 Å². The molecular formula is C15H30IN5O. The van der Waals surface area contributed by atoms with Crippen molar-refractivity contribution < 1.29 is 4.79 Å². The fraction of sp³-hybridized carbons (Fsp3) is 0.867. The number of hydrogen-bond donors (Lipinski definition) is 1. The zero-order valence-electron chi connectivity index (χ0n) is 14.0. The Balaban J connectivity index is 0.00000242. The van der Waals surface area contributed by atoms with E-state index in [9.17, 15) is 4.79 Å². The zero-order chi connectivity index (χ0) is 15.2. The van der Waals surface area contributed by atoms with Gasteiger partial charge in [0.15, 0.2) is 5.96 Å². The molecule has 2 aliphatic heterocycles. The van der Waals surface area contributed by atoms with Crippen molar-refractivity contribution in [3.63, 3.8) is 0 Å². The summed E-state index contributed by atoms with van der Waals surface area (Å²) in [5, 5.41) is 3.39. The van der Waals surface area contributed by atoms with Gasteiger partial charge in [0.2, 0.25) is 5.91 Å². The first kappa shape index (κ1) is 19.5. The Hall–Kier alpha value is -0.570. The minimum atomic E-state index is 0. The van der Waals surface area contributed by atoms with Crippen molar-refractivity contribution in [2.24, 2.45) is 4.99 Å². The highest BCUT2D eigenvalue weighted by molar-refractivity contribution is 14.0. The van der Waals surface area contributed by atoms with Crippen molar-refractivity contribution in [3.05, 3.63) is 0 Å². The number of carbonyl (C=O) groups is 1. The molecule has 0 aromatic heterocycles. The van der Waals surface area contributed by atoms with Gasteiger partial charge in [0.1, 0.15) is 0 Å². The summed E-state index contributed by atoms with van der Waals surface area (Å²) in [6.45, 7) is 10.0. The summed E-state index contributed by atoms with van der Waals surface area (Å²) in [6.07, 6.45) is 2.53. The number of guanidine groups is 1. The van der Waals surface area contributed by atoms with Gasteiger partial charge in [0, 0.05) is 45.7 Å². The molecule has 7 heteroatoms. The van der Waals surface area contributed by atoms with Gasteiger partial charge in [-0.15, -0.1) is 24.0 Å². The van der Waals surface area contributed by atoms with Crippen LogP contribution in [0.15, 0.2) is 4.99 Å². The van der Waals surface area contributed by atoms with Crippen molar-refractivity contribution in [1.29, 1.82) is 0 Å². The van der Waals surface area contributed by atoms with Gasteiger partial charge in [-0.3, -0.25) is 9.79 Å². The minimum Gasteiger partial charge on any atom is -0.357 e. The largest absolute Gasteiger partial charge is 0.357 e. The van der Waals surface area contributed by atoms with Crippen LogP contribution in [-0.2, 0) is 4.79 Å². The molecule has 0 aliphatic carbocycles. The number of likely N-dealkylation sites (N-methyl/N-ethyl adjacent to an activating group) is 1. The van der Waals surface area contributed by atoms with Crippen LogP contribution in [0.1, 0.15) is 26.7 Å². The van der Waals surface area contributed by atoms with Gasteiger partial charge in [-0.2, -0.15) is 0 Å². The third kappa shape index (κ3) is 5.26. The number of nitrogens with zero attached hydrogens (tertiary/aromatic N) is 4. The first-order valence-corrected chi connectivity index (χ1v) is 8.10. The predicted molar refractivity (Wildman–Crippen MR) is 101 cm³/mol. The van der Waals surface area contributed by atoms with Crippen LogP contribution in [0.2, 0.25) is 0 Å². The summed E-state index contributed by atoms with van der Waals surface area (Å²) in [5.74, 6) is 1.17. The Morgan fingerprint density at radius 1 is 1.18 bits per heavy atom. The Morgan fingerprint density at radius 2 is 1.82 bits per heavy atom. The van der Waals surface area contributed by atoms with Gasteiger partial charge >= 0.3 is 0 Å². The summed E-state index contributed by atoms with van der Waals surface area (Å²) in [5.41, 5.74) is 0. The monoisotopic (exact) mass is 423 g/mol. The summed E-state index contributed by atoms with van der Waals surface area (Å²) in [6, 6.07) is 0.581. The number of hydrogen-bond acceptors (Lipinski definition) is 3. The fourth-order valence-electron chi connectivity index (χ4n) is 3.06. The first-order chi connectivity index (χ1) is 10.1. The van der Waals surface area contributed by atoms with Gasteiger partial charge < -0.3 is 20.0 Å². The lowest BCUT2D eigenvalue weighted by molar-refractivity contribution is -0.130. The third-order valence-electron chi connectivity index (χ3n) is 4.48. The van der Waals surface area contributed by atoms with Crippen LogP contribution in [0.4, 0.5) is 0 Å². The Labute approximate surface area is 151 Å². The van der Waals surface area contributed by atoms with E-state index in [1.165, 1.54) is 19.4 Å². The van der Waals surface area contributed by atoms with Crippen LogP contribution >= 0.6 is 24.0 Å². The second-order valence-electron chi connectivity index (χ2n) is 5.96. The molecule has 1 unspecified atom stereocenters. The fourth-order valence-corrected chi connectivity index (χ4v) is 3.06. The van der Waals surface area contributed by atoms with E-state index in [1.54, 1.807) is 6.92 Å². The molecule has 0 radical (unpaired) electrons. The molecule has 0 saturated carbocycles. The molecule has 2 aliphatic rings. The molecule has 2 heterocycles. The molecule has 0 aromatic carbocycles. The third-order valence-corrected chi connectivity index (χ3v) is 4.48. The highest BCUT2D eigenvalue weighted by atomic mass is 127. The number of nitrogens with one attached hydrogen (secondary N) is 1. The van der Waals surface area contributed by atoms with Crippen molar-refractivity contribution in [3.8, 4) is 0 Å². The number of piperazine rings is 1. The number of aliphatic imine (C=N–C) groups is 1. The van der Waals surface area contributed by atoms with Crippen LogP contribution in [-0.4, -0.2) is 85.5 Å². The van der Waals surface area contributed by atoms with Crippen molar-refractivity contribution in [1.82, 2.24) is 20.0 Å². The topological polar surface area (TPSA) is 51.2 Å². The average Bonchev–Trinajstić information content (AvgIpc) is 2.89. The normalized spacial score (nSPS) is 23.4. The molecule has 0 aromatic rings. The second kappa shape index (κ2) is 9.54. The Kier molecular flexibility index (Phi) is 8.45. The molecule has 22 heavy (non-hydrogen) atoms. The predicted octanol–water partition coefficient (Wildman–Crippen LogP) is 0.828. The quantitative estimate of drug-likeness (QED) is 0.415. The summed E-state index contributed by atoms with van der Waals surface area (Å²) in [7, 11) is 2.19. The maximum Gasteiger partial charge on any atom is 0.219 e. The number of halogens is 1. The smallest absolute Gasteiger partial charge is 0.219 e. The first-order valence-electron chi connectivity index (χ1n) is 8.10. The summed E-state index contributed by atoms with van der Waals surface area (Å²) < 4.78 is 0. The number of amides is 1. The maximum absolute atomic E-state index is 11.4. The van der Waals surface area contributed by atoms with Crippen molar-refractivity contribution in [2.75, 3.05) is 52.9 Å². The number of likely N-dealkylation sites (tertiary alicyclic amines) is 1. The van der Waals surface area contributed by atoms with E-state index < -0.39 is 0 Å². The Bertz CT molecular complexity index is 382. The van der Waals surface area contributed by atoms with Gasteiger partial charge in [-0.25, -0.2) is 0 Å². The molecule has 128 valence electrons. The zero-order valence-corrected chi connectivity index (χ0v) is 16.4. The van der Waals surface area contributed by atoms with Crippen LogP contribution in [0, 0.1) is 0 Å². The second-order valence-corrected chi connectivity index (χ2v) is 5.96. The van der Waals surface area contributed by atoms with Gasteiger partial charge in [-0.05, 0) is 33.4 Å². The highest BCUT2D eigenvalue weighted by Gasteiger charge is 2.23. The number of carbonyl (C=O) groups excluding carboxylic acids is 1. The average molecular weight is 423 g/mol. The molecule has 2 rings (SSSR count). The standard InChI is InChI=1S/C15H29N5O.HI/c1-4-16-15(17-12-14-6-5-7-18(14)3)20-10-8-19(9-11-20)13(2)21;/h14H,4-12H2,1-3H3,(H,16,17);1H. The summed E-state index contributed by atoms with van der Waals surface area (Å²) in [4.78, 5) is 22.8. The molecule has 2 fully saturated rings. The van der Waals surface area contributed by atoms with E-state index in [-0.39, 0.29) is 29.9 Å². The SMILES string of the molecule is CCNC(=NCC1CCCN1C)N1CCN(C(C)=O)CC1.I. The molecule has 2 saturated heterocycles. The van der Waals surface area contributed by atoms with Crippen LogP contribution in [0.3, 0.4) is 0 Å². The van der Waals surface area contributed by atoms with E-state index in [2.05, 4.69) is 29.1 Å². The molecule has 0 bridgehead atoms. The van der Waals surface area contributed by atoms with Crippen LogP contribution < -0.4 is 5.32 Å². The van der Waals surface area contributed by atoms with Gasteiger partial charge in [0.25, 0.3) is 0 Å². The van der Waals surface area contributed by atoms with Gasteiger partial charge in [0.05, 0.1) is 6.54 Å². The Morgan fingerprint density at radius 3 is 2.32 bits per heavy atom. The molecule has 1 atom stereocenters. The molecule has 0 spiro atoms. The molecule has 6 nitrogen and oxygen atoms in total. The van der Waals surface area contributed by atoms with E-state index in [0.717, 1.165) is 45.2 Å². The summed E-state index contributed by atoms with van der Waals surface area (Å²) >= 11 is 0. The van der Waals surface area contributed by atoms with E-state index >= 15 is 0 Å². The molecular weight excluding hydrogens is 393 g/mol. The van der Waals surface area contributed by atoms with Crippen molar-refractivity contribution in [2.45, 2.75) is 32.7 Å². The molecule has 1 amide bonds. The lowest BCUT2D eigenvalue weighted by Gasteiger charge is -2.36.